The molecule has 0 heterocycles. The highest BCUT2D eigenvalue weighted by molar-refractivity contribution is 5.68. The lowest BCUT2D eigenvalue weighted by Gasteiger charge is -2.04. The Morgan fingerprint density at radius 1 is 1.45 bits per heavy atom. The van der Waals surface area contributed by atoms with E-state index < -0.39 is 0 Å². The molecule has 3 nitrogen and oxygen atoms in total. The predicted molar refractivity (Wildman–Crippen MR) is 46.5 cm³/mol. The van der Waals surface area contributed by atoms with Gasteiger partial charge in [0.05, 0.1) is 6.10 Å². The molecule has 0 saturated carbocycles. The van der Waals surface area contributed by atoms with E-state index in [1.54, 1.807) is 6.92 Å². The van der Waals surface area contributed by atoms with Gasteiger partial charge in [0.1, 0.15) is 0 Å². The van der Waals surface area contributed by atoms with Crippen molar-refractivity contribution >= 4 is 5.97 Å². The fourth-order valence-electron chi connectivity index (χ4n) is 0.346. The number of nitrogens with one attached hydrogen (secondary N) is 1. The summed E-state index contributed by atoms with van der Waals surface area (Å²) in [5, 5.41) is 2.75. The Hall–Kier alpha value is -0.570. The second kappa shape index (κ2) is 9.43. The largest absolute Gasteiger partial charge is 0.463 e. The molecular weight excluding hydrogens is 142 g/mol. The summed E-state index contributed by atoms with van der Waals surface area (Å²) in [5.74, 6) is -0.125. The van der Waals surface area contributed by atoms with Gasteiger partial charge in [0.15, 0.2) is 0 Å². The smallest absolute Gasteiger partial charge is 0.305 e. The monoisotopic (exact) mass is 161 g/mol. The average Bonchev–Trinajstić information content (AvgIpc) is 1.88. The van der Waals surface area contributed by atoms with Crippen molar-refractivity contribution in [2.24, 2.45) is 0 Å². The van der Waals surface area contributed by atoms with E-state index >= 15 is 0 Å². The van der Waals surface area contributed by atoms with Crippen LogP contribution in [0.2, 0.25) is 0 Å². The molecule has 0 unspecified atom stereocenters. The zero-order valence-corrected chi connectivity index (χ0v) is 8.10. The van der Waals surface area contributed by atoms with Crippen molar-refractivity contribution in [3.05, 3.63) is 0 Å². The highest BCUT2D eigenvalue weighted by Crippen LogP contribution is 1.90. The van der Waals surface area contributed by atoms with Crippen molar-refractivity contribution in [2.75, 3.05) is 14.1 Å². The van der Waals surface area contributed by atoms with Crippen molar-refractivity contribution < 1.29 is 9.53 Å². The molecule has 0 aromatic heterocycles. The lowest BCUT2D eigenvalue weighted by atomic mass is 10.4. The van der Waals surface area contributed by atoms with Crippen LogP contribution < -0.4 is 5.32 Å². The van der Waals surface area contributed by atoms with Crippen LogP contribution in [-0.2, 0) is 9.53 Å². The maximum atomic E-state index is 10.4. The Labute approximate surface area is 69.1 Å². The lowest BCUT2D eigenvalue weighted by molar-refractivity contribution is -0.146. The van der Waals surface area contributed by atoms with Crippen LogP contribution in [0, 0.1) is 0 Å². The molecule has 0 aliphatic carbocycles. The maximum Gasteiger partial charge on any atom is 0.305 e. The highest BCUT2D eigenvalue weighted by Gasteiger charge is 1.98. The van der Waals surface area contributed by atoms with Crippen molar-refractivity contribution in [1.29, 1.82) is 0 Å². The van der Waals surface area contributed by atoms with Gasteiger partial charge in [-0.15, -0.1) is 0 Å². The van der Waals surface area contributed by atoms with E-state index in [-0.39, 0.29) is 12.1 Å². The van der Waals surface area contributed by atoms with Gasteiger partial charge >= 0.3 is 5.97 Å². The summed E-state index contributed by atoms with van der Waals surface area (Å²) >= 11 is 0. The van der Waals surface area contributed by atoms with Crippen molar-refractivity contribution in [3.8, 4) is 0 Å². The van der Waals surface area contributed by atoms with Crippen LogP contribution in [0.1, 0.15) is 27.2 Å². The summed E-state index contributed by atoms with van der Waals surface area (Å²) in [6.07, 6.45) is 0.500. The summed E-state index contributed by atoms with van der Waals surface area (Å²) < 4.78 is 4.76. The topological polar surface area (TPSA) is 38.3 Å². The molecule has 0 amide bonds. The Kier molecular flexibility index (Phi) is 11.2. The molecule has 68 valence electrons. The Bertz CT molecular complexity index is 92.1. The zero-order chi connectivity index (χ0) is 9.28. The number of hydrogen-bond acceptors (Lipinski definition) is 3. The standard InChI is InChI=1S/C6H12O2.C2H7N/c1-4-6(7)8-5(2)3;1-3-2/h5H,4H2,1-3H3;3H,1-2H3. The van der Waals surface area contributed by atoms with Crippen LogP contribution in [0.3, 0.4) is 0 Å². The molecule has 0 bridgehead atoms. The van der Waals surface area contributed by atoms with Gasteiger partial charge in [-0.1, -0.05) is 6.92 Å². The van der Waals surface area contributed by atoms with E-state index in [9.17, 15) is 4.79 Å². The first-order valence-corrected chi connectivity index (χ1v) is 3.86. The minimum Gasteiger partial charge on any atom is -0.463 e. The number of rotatable bonds is 2. The Morgan fingerprint density at radius 3 is 1.91 bits per heavy atom. The van der Waals surface area contributed by atoms with Crippen molar-refractivity contribution in [3.63, 3.8) is 0 Å². The molecule has 1 N–H and O–H groups in total. The summed E-state index contributed by atoms with van der Waals surface area (Å²) in [6.45, 7) is 5.46. The van der Waals surface area contributed by atoms with Gasteiger partial charge in [-0.05, 0) is 27.9 Å². The third kappa shape index (κ3) is 17.7. The zero-order valence-electron chi connectivity index (χ0n) is 8.10. The van der Waals surface area contributed by atoms with Crippen LogP contribution in [0.4, 0.5) is 0 Å². The molecule has 11 heavy (non-hydrogen) atoms. The fourth-order valence-corrected chi connectivity index (χ4v) is 0.346. The molecule has 0 aliphatic rings. The molecule has 0 rings (SSSR count). The quantitative estimate of drug-likeness (QED) is 0.618. The molecule has 0 radical (unpaired) electrons. The third-order valence-electron chi connectivity index (χ3n) is 0.656. The van der Waals surface area contributed by atoms with E-state index in [4.69, 9.17) is 4.74 Å². The summed E-state index contributed by atoms with van der Waals surface area (Å²) in [4.78, 5) is 10.4. The second-order valence-corrected chi connectivity index (χ2v) is 2.39. The highest BCUT2D eigenvalue weighted by atomic mass is 16.5. The number of carbonyl (C=O) groups excluding carboxylic acids is 1. The number of ether oxygens (including phenoxy) is 1. The first kappa shape index (κ1) is 13.1. The minimum absolute atomic E-state index is 0.0300. The van der Waals surface area contributed by atoms with Gasteiger partial charge in [-0.2, -0.15) is 0 Å². The van der Waals surface area contributed by atoms with Crippen LogP contribution in [-0.4, -0.2) is 26.2 Å². The Balaban J connectivity index is 0. The molecular formula is C8H19NO2. The van der Waals surface area contributed by atoms with Crippen LogP contribution in [0.15, 0.2) is 0 Å². The van der Waals surface area contributed by atoms with E-state index in [1.807, 2.05) is 27.9 Å². The number of hydrogen-bond donors (Lipinski definition) is 1. The third-order valence-corrected chi connectivity index (χ3v) is 0.656. The summed E-state index contributed by atoms with van der Waals surface area (Å²) in [7, 11) is 3.75. The van der Waals surface area contributed by atoms with Gasteiger partial charge in [-0.3, -0.25) is 4.79 Å². The molecule has 0 fully saturated rings. The normalized spacial score (nSPS) is 8.55. The molecule has 0 spiro atoms. The first-order chi connectivity index (χ1) is 5.08. The molecule has 0 aromatic rings. The summed E-state index contributed by atoms with van der Waals surface area (Å²) in [6, 6.07) is 0. The van der Waals surface area contributed by atoms with E-state index in [1.165, 1.54) is 0 Å². The van der Waals surface area contributed by atoms with Gasteiger partial charge in [0.2, 0.25) is 0 Å². The molecule has 0 saturated heterocycles. The van der Waals surface area contributed by atoms with Gasteiger partial charge < -0.3 is 10.1 Å². The van der Waals surface area contributed by atoms with Crippen molar-refractivity contribution in [1.82, 2.24) is 5.32 Å². The lowest BCUT2D eigenvalue weighted by Crippen LogP contribution is -2.09. The van der Waals surface area contributed by atoms with Crippen molar-refractivity contribution in [2.45, 2.75) is 33.3 Å². The van der Waals surface area contributed by atoms with Gasteiger partial charge in [0, 0.05) is 6.42 Å². The predicted octanol–water partition coefficient (Wildman–Crippen LogP) is 1.18. The molecule has 0 aliphatic heterocycles. The first-order valence-electron chi connectivity index (χ1n) is 3.86. The average molecular weight is 161 g/mol. The van der Waals surface area contributed by atoms with E-state index in [2.05, 4.69) is 5.32 Å². The molecule has 3 heteroatoms. The Morgan fingerprint density at radius 2 is 1.82 bits per heavy atom. The van der Waals surface area contributed by atoms with Gasteiger partial charge in [0.25, 0.3) is 0 Å². The SMILES string of the molecule is CCC(=O)OC(C)C.CNC. The summed E-state index contributed by atoms with van der Waals surface area (Å²) in [5.41, 5.74) is 0. The molecule has 0 aromatic carbocycles. The van der Waals surface area contributed by atoms with Crippen LogP contribution in [0.25, 0.3) is 0 Å². The maximum absolute atomic E-state index is 10.4. The number of esters is 1. The van der Waals surface area contributed by atoms with Crippen LogP contribution >= 0.6 is 0 Å². The van der Waals surface area contributed by atoms with E-state index in [0.29, 0.717) is 6.42 Å². The minimum atomic E-state index is -0.125. The van der Waals surface area contributed by atoms with Gasteiger partial charge in [-0.25, -0.2) is 0 Å². The fraction of sp³-hybridized carbons (Fsp3) is 0.875. The van der Waals surface area contributed by atoms with Crippen LogP contribution in [0.5, 0.6) is 0 Å². The molecule has 0 atom stereocenters. The second-order valence-electron chi connectivity index (χ2n) is 2.39. The number of carbonyl (C=O) groups is 1. The van der Waals surface area contributed by atoms with E-state index in [0.717, 1.165) is 0 Å².